The van der Waals surface area contributed by atoms with Gasteiger partial charge in [-0.15, -0.1) is 0 Å². The van der Waals surface area contributed by atoms with Crippen molar-refractivity contribution in [1.82, 2.24) is 20.9 Å². The number of carbonyl (C=O) groups is 5. The summed E-state index contributed by atoms with van der Waals surface area (Å²) in [6, 6.07) is 4.64. The number of carbonyl (C=O) groups excluding carboxylic acids is 4. The fourth-order valence-electron chi connectivity index (χ4n) is 4.46. The van der Waals surface area contributed by atoms with E-state index in [1.54, 1.807) is 0 Å². The Balaban J connectivity index is 2.29. The van der Waals surface area contributed by atoms with Crippen LogP contribution in [0.15, 0.2) is 24.3 Å². The SMILES string of the molecule is CSCCC(NC(=O)C1Cc2ccccc2CN1C(=O)[C@@H](NCC(CSC(C)=O)NC(C)=O)C(C)C)C(=O)O. The molecule has 1 aromatic carbocycles. The summed E-state index contributed by atoms with van der Waals surface area (Å²) in [5.41, 5.74) is 1.88. The van der Waals surface area contributed by atoms with Crippen LogP contribution >= 0.6 is 23.5 Å². The minimum Gasteiger partial charge on any atom is -0.480 e. The second kappa shape index (κ2) is 15.9. The number of fused-ring (bicyclic) bond motifs is 1. The Bertz CT molecular complexity index is 1040. The van der Waals surface area contributed by atoms with E-state index in [-0.39, 0.29) is 54.8 Å². The first-order valence-corrected chi connectivity index (χ1v) is 15.4. The van der Waals surface area contributed by atoms with E-state index < -0.39 is 30.0 Å². The summed E-state index contributed by atoms with van der Waals surface area (Å²) in [6.07, 6.45) is 2.42. The predicted octanol–water partition coefficient (Wildman–Crippen LogP) is 1.66. The van der Waals surface area contributed by atoms with Crippen LogP contribution in [-0.4, -0.2) is 87.3 Å². The van der Waals surface area contributed by atoms with Gasteiger partial charge in [-0.1, -0.05) is 49.9 Å². The third kappa shape index (κ3) is 10.2. The molecule has 1 aliphatic heterocycles. The molecule has 1 aromatic rings. The first-order valence-electron chi connectivity index (χ1n) is 13.0. The second-order valence-corrected chi connectivity index (χ2v) is 12.1. The van der Waals surface area contributed by atoms with Crippen molar-refractivity contribution in [3.63, 3.8) is 0 Å². The molecule has 2 rings (SSSR count). The Labute approximate surface area is 238 Å². The van der Waals surface area contributed by atoms with Crippen LogP contribution in [0.3, 0.4) is 0 Å². The van der Waals surface area contributed by atoms with E-state index in [2.05, 4.69) is 16.0 Å². The van der Waals surface area contributed by atoms with Crippen LogP contribution < -0.4 is 16.0 Å². The lowest BCUT2D eigenvalue weighted by Crippen LogP contribution is -2.60. The summed E-state index contributed by atoms with van der Waals surface area (Å²) in [4.78, 5) is 63.9. The van der Waals surface area contributed by atoms with Gasteiger partial charge in [0.2, 0.25) is 17.7 Å². The fourth-order valence-corrected chi connectivity index (χ4v) is 5.57. The number of nitrogens with one attached hydrogen (secondary N) is 3. The molecule has 0 aromatic heterocycles. The van der Waals surface area contributed by atoms with E-state index in [0.717, 1.165) is 22.9 Å². The van der Waals surface area contributed by atoms with Gasteiger partial charge in [-0.05, 0) is 35.5 Å². The molecule has 12 heteroatoms. The number of nitrogens with zero attached hydrogens (tertiary/aromatic N) is 1. The van der Waals surface area contributed by atoms with E-state index in [9.17, 15) is 29.1 Å². The molecule has 1 aliphatic rings. The monoisotopic (exact) mass is 580 g/mol. The lowest BCUT2D eigenvalue weighted by molar-refractivity contribution is -0.146. The largest absolute Gasteiger partial charge is 0.480 e. The molecule has 0 spiro atoms. The van der Waals surface area contributed by atoms with Crippen LogP contribution in [0.4, 0.5) is 0 Å². The molecule has 0 radical (unpaired) electrons. The molecule has 0 saturated carbocycles. The van der Waals surface area contributed by atoms with Crippen LogP contribution in [-0.2, 0) is 36.9 Å². The highest BCUT2D eigenvalue weighted by molar-refractivity contribution is 8.13. The predicted molar refractivity (Wildman–Crippen MR) is 154 cm³/mol. The van der Waals surface area contributed by atoms with Crippen molar-refractivity contribution < 1.29 is 29.1 Å². The van der Waals surface area contributed by atoms with E-state index in [0.29, 0.717) is 11.5 Å². The summed E-state index contributed by atoms with van der Waals surface area (Å²) in [5, 5.41) is 18.3. The molecule has 0 aliphatic carbocycles. The van der Waals surface area contributed by atoms with Crippen molar-refractivity contribution in [2.24, 2.45) is 5.92 Å². The zero-order valence-electron chi connectivity index (χ0n) is 23.2. The maximum absolute atomic E-state index is 14.0. The molecule has 0 saturated heterocycles. The quantitative estimate of drug-likeness (QED) is 0.258. The first kappa shape index (κ1) is 32.6. The number of hydrogen-bond donors (Lipinski definition) is 4. The van der Waals surface area contributed by atoms with Crippen molar-refractivity contribution in [2.75, 3.05) is 24.3 Å². The highest BCUT2D eigenvalue weighted by Crippen LogP contribution is 2.25. The Morgan fingerprint density at radius 3 is 2.31 bits per heavy atom. The Morgan fingerprint density at radius 1 is 1.08 bits per heavy atom. The number of amides is 3. The average Bonchev–Trinajstić information content (AvgIpc) is 2.87. The number of carboxylic acid groups (broad SMARTS) is 1. The van der Waals surface area contributed by atoms with E-state index in [1.165, 1.54) is 30.5 Å². The number of carboxylic acids is 1. The molecule has 4 atom stereocenters. The zero-order valence-corrected chi connectivity index (χ0v) is 24.8. The van der Waals surface area contributed by atoms with Crippen LogP contribution in [0.2, 0.25) is 0 Å². The third-order valence-electron chi connectivity index (χ3n) is 6.47. The number of aliphatic carboxylic acids is 1. The topological polar surface area (TPSA) is 145 Å². The van der Waals surface area contributed by atoms with Gasteiger partial charge in [0, 0.05) is 39.1 Å². The average molecular weight is 581 g/mol. The lowest BCUT2D eigenvalue weighted by atomic mass is 9.91. The number of thioether (sulfide) groups is 2. The molecule has 216 valence electrons. The van der Waals surface area contributed by atoms with Gasteiger partial charge in [0.25, 0.3) is 0 Å². The molecule has 3 amide bonds. The third-order valence-corrected chi connectivity index (χ3v) is 8.09. The van der Waals surface area contributed by atoms with E-state index in [1.807, 2.05) is 44.4 Å². The van der Waals surface area contributed by atoms with Crippen LogP contribution in [0, 0.1) is 5.92 Å². The maximum Gasteiger partial charge on any atom is 0.326 e. The Hall–Kier alpha value is -2.57. The summed E-state index contributed by atoms with van der Waals surface area (Å²) < 4.78 is 0. The molecule has 0 fully saturated rings. The molecule has 0 bridgehead atoms. The molecule has 39 heavy (non-hydrogen) atoms. The summed E-state index contributed by atoms with van der Waals surface area (Å²) in [6.45, 7) is 7.11. The molecule has 1 heterocycles. The molecule has 3 unspecified atom stereocenters. The first-order chi connectivity index (χ1) is 18.4. The van der Waals surface area contributed by atoms with Gasteiger partial charge in [0.1, 0.15) is 12.1 Å². The van der Waals surface area contributed by atoms with Gasteiger partial charge in [0.15, 0.2) is 5.12 Å². The molecule has 4 N–H and O–H groups in total. The Kier molecular flexibility index (Phi) is 13.3. The maximum atomic E-state index is 14.0. The van der Waals surface area contributed by atoms with Gasteiger partial charge < -0.3 is 26.0 Å². The van der Waals surface area contributed by atoms with Crippen LogP contribution in [0.5, 0.6) is 0 Å². The standard InChI is InChI=1S/C27H40N4O6S2/c1-16(2)24(28-13-21(29-17(3)32)15-39-18(4)33)26(35)31-14-20-9-7-6-8-19(20)12-23(31)25(34)30-22(27(36)37)10-11-38-5/h6-9,16,21-24,28H,10-15H2,1-5H3,(H,29,32)(H,30,34)(H,36,37)/t21?,22?,23?,24-/m0/s1. The van der Waals surface area contributed by atoms with Crippen molar-refractivity contribution >= 4 is 52.3 Å². The minimum atomic E-state index is -1.11. The van der Waals surface area contributed by atoms with Gasteiger partial charge in [-0.3, -0.25) is 19.2 Å². The molecular weight excluding hydrogens is 540 g/mol. The number of hydrogen-bond acceptors (Lipinski definition) is 8. The van der Waals surface area contributed by atoms with Gasteiger partial charge in [-0.25, -0.2) is 4.79 Å². The molecule has 10 nitrogen and oxygen atoms in total. The van der Waals surface area contributed by atoms with Crippen LogP contribution in [0.1, 0.15) is 45.2 Å². The summed E-state index contributed by atoms with van der Waals surface area (Å²) >= 11 is 2.59. The van der Waals surface area contributed by atoms with Gasteiger partial charge in [0.05, 0.1) is 12.1 Å². The zero-order chi connectivity index (χ0) is 29.1. The summed E-state index contributed by atoms with van der Waals surface area (Å²) in [5.74, 6) is -1.35. The molecular formula is C27H40N4O6S2. The van der Waals surface area contributed by atoms with E-state index >= 15 is 0 Å². The second-order valence-electron chi connectivity index (χ2n) is 9.97. The van der Waals surface area contributed by atoms with Crippen molar-refractivity contribution in [3.05, 3.63) is 35.4 Å². The highest BCUT2D eigenvalue weighted by Gasteiger charge is 2.39. The normalized spacial score (nSPS) is 17.1. The van der Waals surface area contributed by atoms with Gasteiger partial charge >= 0.3 is 5.97 Å². The lowest BCUT2D eigenvalue weighted by Gasteiger charge is -2.39. The van der Waals surface area contributed by atoms with E-state index in [4.69, 9.17) is 0 Å². The fraction of sp³-hybridized carbons (Fsp3) is 0.593. The van der Waals surface area contributed by atoms with Crippen molar-refractivity contribution in [1.29, 1.82) is 0 Å². The smallest absolute Gasteiger partial charge is 0.326 e. The highest BCUT2D eigenvalue weighted by atomic mass is 32.2. The number of benzene rings is 1. The Morgan fingerprint density at radius 2 is 1.74 bits per heavy atom. The van der Waals surface area contributed by atoms with Crippen molar-refractivity contribution in [2.45, 2.75) is 71.2 Å². The number of rotatable bonds is 14. The minimum absolute atomic E-state index is 0.0696. The summed E-state index contributed by atoms with van der Waals surface area (Å²) in [7, 11) is 0. The van der Waals surface area contributed by atoms with Gasteiger partial charge in [-0.2, -0.15) is 11.8 Å². The van der Waals surface area contributed by atoms with Crippen LogP contribution in [0.25, 0.3) is 0 Å². The van der Waals surface area contributed by atoms with Crippen molar-refractivity contribution in [3.8, 4) is 0 Å².